The third-order valence-corrected chi connectivity index (χ3v) is 6.64. The molecule has 1 N–H and O–H groups in total. The summed E-state index contributed by atoms with van der Waals surface area (Å²) in [7, 11) is 0. The van der Waals surface area contributed by atoms with Gasteiger partial charge in [-0.15, -0.1) is 10.2 Å². The van der Waals surface area contributed by atoms with Gasteiger partial charge in [0.05, 0.1) is 16.0 Å². The van der Waals surface area contributed by atoms with Crippen LogP contribution >= 0.6 is 23.4 Å². The van der Waals surface area contributed by atoms with E-state index >= 15 is 0 Å². The van der Waals surface area contributed by atoms with Gasteiger partial charge < -0.3 is 5.32 Å². The van der Waals surface area contributed by atoms with Crippen LogP contribution in [-0.4, -0.2) is 25.9 Å². The molecule has 0 bridgehead atoms. The Kier molecular flexibility index (Phi) is 6.39. The number of hydrogen-bond donors (Lipinski definition) is 1. The van der Waals surface area contributed by atoms with Gasteiger partial charge in [-0.3, -0.25) is 9.36 Å². The number of carbonyl (C=O) groups is 1. The maximum Gasteiger partial charge on any atom is 0.237 e. The van der Waals surface area contributed by atoms with Crippen LogP contribution in [-0.2, 0) is 4.79 Å². The van der Waals surface area contributed by atoms with E-state index in [2.05, 4.69) is 20.1 Å². The minimum atomic E-state index is -0.479. The number of amides is 1. The van der Waals surface area contributed by atoms with Crippen LogP contribution < -0.4 is 5.32 Å². The molecule has 1 atom stereocenters. The minimum absolute atomic E-state index is 0.170. The highest BCUT2D eigenvalue weighted by atomic mass is 35.5. The second-order valence-corrected chi connectivity index (χ2v) is 9.04. The zero-order valence-corrected chi connectivity index (χ0v) is 18.1. The predicted molar refractivity (Wildman–Crippen MR) is 118 cm³/mol. The van der Waals surface area contributed by atoms with Crippen molar-refractivity contribution in [2.45, 2.75) is 49.1 Å². The van der Waals surface area contributed by atoms with Crippen molar-refractivity contribution in [1.82, 2.24) is 14.8 Å². The van der Waals surface area contributed by atoms with Gasteiger partial charge >= 0.3 is 0 Å². The molecule has 156 valence electrons. The Hall–Kier alpha value is -2.38. The zero-order valence-electron chi connectivity index (χ0n) is 16.5. The molecule has 0 radical (unpaired) electrons. The van der Waals surface area contributed by atoms with E-state index in [0.717, 1.165) is 37.1 Å². The molecule has 1 fully saturated rings. The molecule has 0 spiro atoms. The van der Waals surface area contributed by atoms with E-state index in [0.29, 0.717) is 10.2 Å². The summed E-state index contributed by atoms with van der Waals surface area (Å²) < 4.78 is 16.0. The van der Waals surface area contributed by atoms with Crippen molar-refractivity contribution in [2.24, 2.45) is 0 Å². The van der Waals surface area contributed by atoms with E-state index in [4.69, 9.17) is 11.6 Å². The van der Waals surface area contributed by atoms with Gasteiger partial charge in [0.25, 0.3) is 0 Å². The van der Waals surface area contributed by atoms with Gasteiger partial charge in [0.15, 0.2) is 11.0 Å². The summed E-state index contributed by atoms with van der Waals surface area (Å²) in [4.78, 5) is 12.7. The molecule has 0 saturated heterocycles. The van der Waals surface area contributed by atoms with Crippen LogP contribution in [0.25, 0.3) is 11.4 Å². The van der Waals surface area contributed by atoms with E-state index in [9.17, 15) is 9.18 Å². The molecule has 0 aliphatic heterocycles. The molecule has 2 aromatic carbocycles. The molecule has 1 aliphatic carbocycles. The van der Waals surface area contributed by atoms with Crippen molar-refractivity contribution in [3.05, 3.63) is 59.4 Å². The first-order valence-corrected chi connectivity index (χ1v) is 11.2. The van der Waals surface area contributed by atoms with E-state index < -0.39 is 11.1 Å². The quantitative estimate of drug-likeness (QED) is 0.475. The van der Waals surface area contributed by atoms with Crippen LogP contribution in [0, 0.1) is 5.82 Å². The van der Waals surface area contributed by atoms with E-state index in [1.54, 1.807) is 25.1 Å². The summed E-state index contributed by atoms with van der Waals surface area (Å²) in [6.45, 7) is 1.78. The van der Waals surface area contributed by atoms with Crippen LogP contribution in [0.4, 0.5) is 10.1 Å². The monoisotopic (exact) mass is 444 g/mol. The number of aromatic nitrogens is 3. The number of hydrogen-bond acceptors (Lipinski definition) is 4. The molecule has 1 aliphatic rings. The zero-order chi connectivity index (χ0) is 21.1. The Labute approximate surface area is 184 Å². The van der Waals surface area contributed by atoms with Crippen molar-refractivity contribution < 1.29 is 9.18 Å². The summed E-state index contributed by atoms with van der Waals surface area (Å²) in [5, 5.41) is 12.3. The topological polar surface area (TPSA) is 59.8 Å². The molecule has 1 heterocycles. The molecule has 0 unspecified atom stereocenters. The van der Waals surface area contributed by atoms with Gasteiger partial charge in [-0.25, -0.2) is 4.39 Å². The molecular formula is C22H22ClFN4OS. The maximum absolute atomic E-state index is 13.9. The fraction of sp³-hybridized carbons (Fsp3) is 0.318. The number of carbonyl (C=O) groups excluding carboxylic acids is 1. The van der Waals surface area contributed by atoms with Gasteiger partial charge in [0, 0.05) is 11.6 Å². The molecule has 1 aromatic heterocycles. The highest BCUT2D eigenvalue weighted by molar-refractivity contribution is 8.00. The highest BCUT2D eigenvalue weighted by Crippen LogP contribution is 2.39. The van der Waals surface area contributed by atoms with Crippen molar-refractivity contribution >= 4 is 35.0 Å². The van der Waals surface area contributed by atoms with E-state index in [1.165, 1.54) is 17.8 Å². The fourth-order valence-corrected chi connectivity index (χ4v) is 4.82. The Balaban J connectivity index is 1.60. The molecule has 1 saturated carbocycles. The Morgan fingerprint density at radius 3 is 2.60 bits per heavy atom. The van der Waals surface area contributed by atoms with E-state index in [-0.39, 0.29) is 17.6 Å². The maximum atomic E-state index is 13.9. The summed E-state index contributed by atoms with van der Waals surface area (Å²) in [5.74, 6) is -0.0275. The van der Waals surface area contributed by atoms with Gasteiger partial charge in [-0.1, -0.05) is 60.5 Å². The number of benzene rings is 2. The van der Waals surface area contributed by atoms with Crippen molar-refractivity contribution in [3.8, 4) is 11.4 Å². The summed E-state index contributed by atoms with van der Waals surface area (Å²) in [6, 6.07) is 14.0. The van der Waals surface area contributed by atoms with Crippen molar-refractivity contribution in [3.63, 3.8) is 0 Å². The predicted octanol–water partition coefficient (Wildman–Crippen LogP) is 5.97. The second kappa shape index (κ2) is 9.18. The fourth-order valence-electron chi connectivity index (χ4n) is 3.68. The summed E-state index contributed by atoms with van der Waals surface area (Å²) in [5.41, 5.74) is 0.998. The first kappa shape index (κ1) is 20.9. The minimum Gasteiger partial charge on any atom is -0.323 e. The lowest BCUT2D eigenvalue weighted by atomic mass is 10.2. The number of halogens is 2. The normalized spacial score (nSPS) is 15.3. The number of rotatable bonds is 6. The molecule has 3 aromatic rings. The molecule has 8 heteroatoms. The third kappa shape index (κ3) is 4.37. The van der Waals surface area contributed by atoms with Crippen LogP contribution in [0.1, 0.15) is 38.6 Å². The van der Waals surface area contributed by atoms with Gasteiger partial charge in [0.1, 0.15) is 5.82 Å². The lowest BCUT2D eigenvalue weighted by molar-refractivity contribution is -0.115. The Morgan fingerprint density at radius 2 is 1.87 bits per heavy atom. The molecule has 30 heavy (non-hydrogen) atoms. The van der Waals surface area contributed by atoms with Gasteiger partial charge in [-0.2, -0.15) is 0 Å². The standard InChI is InChI=1S/C22H22ClFN4OS/c1-14(21(29)25-19-13-7-6-12-18(19)24)30-22-27-26-20(16-10-4-5-11-17(16)23)28(22)15-8-2-3-9-15/h4-7,10-15H,2-3,8-9H2,1H3,(H,25,29)/t14-/m1/s1. The van der Waals surface area contributed by atoms with Crippen LogP contribution in [0.5, 0.6) is 0 Å². The number of nitrogens with one attached hydrogen (secondary N) is 1. The van der Waals surface area contributed by atoms with Crippen molar-refractivity contribution in [1.29, 1.82) is 0 Å². The lowest BCUT2D eigenvalue weighted by Crippen LogP contribution is -2.23. The Bertz CT molecular complexity index is 1050. The summed E-state index contributed by atoms with van der Waals surface area (Å²) >= 11 is 7.74. The number of nitrogens with zero attached hydrogens (tertiary/aromatic N) is 3. The average molecular weight is 445 g/mol. The van der Waals surface area contributed by atoms with Crippen LogP contribution in [0.2, 0.25) is 5.02 Å². The smallest absolute Gasteiger partial charge is 0.237 e. The van der Waals surface area contributed by atoms with Gasteiger partial charge in [0.2, 0.25) is 5.91 Å². The Morgan fingerprint density at radius 1 is 1.17 bits per heavy atom. The lowest BCUT2D eigenvalue weighted by Gasteiger charge is -2.19. The molecular weight excluding hydrogens is 423 g/mol. The van der Waals surface area contributed by atoms with Gasteiger partial charge in [-0.05, 0) is 44.0 Å². The number of para-hydroxylation sites is 1. The van der Waals surface area contributed by atoms with Crippen molar-refractivity contribution in [2.75, 3.05) is 5.32 Å². The van der Waals surface area contributed by atoms with Crippen LogP contribution in [0.15, 0.2) is 53.7 Å². The second-order valence-electron chi connectivity index (χ2n) is 7.32. The van der Waals surface area contributed by atoms with E-state index in [1.807, 2.05) is 24.3 Å². The number of anilines is 1. The first-order chi connectivity index (χ1) is 14.5. The summed E-state index contributed by atoms with van der Waals surface area (Å²) in [6.07, 6.45) is 4.38. The molecule has 5 nitrogen and oxygen atoms in total. The number of thioether (sulfide) groups is 1. The first-order valence-electron chi connectivity index (χ1n) is 9.96. The third-order valence-electron chi connectivity index (χ3n) is 5.25. The average Bonchev–Trinajstić information content (AvgIpc) is 3.40. The molecule has 4 rings (SSSR count). The van der Waals surface area contributed by atoms with Crippen LogP contribution in [0.3, 0.4) is 0 Å². The SMILES string of the molecule is C[C@@H](Sc1nnc(-c2ccccc2Cl)n1C1CCCC1)C(=O)Nc1ccccc1F. The highest BCUT2D eigenvalue weighted by Gasteiger charge is 2.28. The molecule has 1 amide bonds. The largest absolute Gasteiger partial charge is 0.323 e.